The van der Waals surface area contributed by atoms with Gasteiger partial charge in [-0.3, -0.25) is 4.90 Å². The molecular weight excluding hydrogens is 228 g/mol. The van der Waals surface area contributed by atoms with E-state index in [0.29, 0.717) is 0 Å². The zero-order valence-electron chi connectivity index (χ0n) is 11.7. The highest BCUT2D eigenvalue weighted by molar-refractivity contribution is 5.13. The van der Waals surface area contributed by atoms with Gasteiger partial charge >= 0.3 is 0 Å². The average Bonchev–Trinajstić information content (AvgIpc) is 2.64. The number of ether oxygens (including phenoxy) is 1. The van der Waals surface area contributed by atoms with Crippen LogP contribution in [0.15, 0.2) is 0 Å². The SMILES string of the molecule is Cc1nc(CNCCN2CCOCC2)n(C)c1C. The molecule has 0 saturated carbocycles. The monoisotopic (exact) mass is 252 g/mol. The molecule has 1 N–H and O–H groups in total. The molecule has 1 aliphatic heterocycles. The quantitative estimate of drug-likeness (QED) is 0.773. The molecule has 1 aromatic heterocycles. The summed E-state index contributed by atoms with van der Waals surface area (Å²) < 4.78 is 7.50. The van der Waals surface area contributed by atoms with Crippen molar-refractivity contribution in [1.29, 1.82) is 0 Å². The molecule has 0 spiro atoms. The van der Waals surface area contributed by atoms with Crippen LogP contribution in [0.5, 0.6) is 0 Å². The van der Waals surface area contributed by atoms with Crippen LogP contribution < -0.4 is 5.32 Å². The zero-order valence-corrected chi connectivity index (χ0v) is 11.7. The third kappa shape index (κ3) is 3.31. The maximum absolute atomic E-state index is 5.33. The first-order valence-corrected chi connectivity index (χ1v) is 6.68. The van der Waals surface area contributed by atoms with Crippen LogP contribution in [0.4, 0.5) is 0 Å². The van der Waals surface area contributed by atoms with Gasteiger partial charge in [-0.2, -0.15) is 0 Å². The Bertz CT molecular complexity index is 383. The summed E-state index contributed by atoms with van der Waals surface area (Å²) in [5.41, 5.74) is 2.38. The van der Waals surface area contributed by atoms with Crippen LogP contribution in [0, 0.1) is 13.8 Å². The summed E-state index contributed by atoms with van der Waals surface area (Å²) in [4.78, 5) is 7.00. The number of nitrogens with one attached hydrogen (secondary N) is 1. The molecular formula is C13H24N4O. The zero-order chi connectivity index (χ0) is 13.0. The molecule has 0 bridgehead atoms. The fourth-order valence-corrected chi connectivity index (χ4v) is 2.21. The number of hydrogen-bond donors (Lipinski definition) is 1. The molecule has 0 amide bonds. The molecule has 0 unspecified atom stereocenters. The number of aryl methyl sites for hydroxylation is 1. The summed E-state index contributed by atoms with van der Waals surface area (Å²) >= 11 is 0. The fourth-order valence-electron chi connectivity index (χ4n) is 2.21. The Kier molecular flexibility index (Phi) is 4.74. The number of hydrogen-bond acceptors (Lipinski definition) is 4. The molecule has 1 aromatic rings. The Morgan fingerprint density at radius 1 is 1.28 bits per heavy atom. The second-order valence-electron chi connectivity index (χ2n) is 4.89. The van der Waals surface area contributed by atoms with Crippen molar-refractivity contribution >= 4 is 0 Å². The minimum Gasteiger partial charge on any atom is -0.379 e. The van der Waals surface area contributed by atoms with Crippen LogP contribution in [0.1, 0.15) is 17.2 Å². The second kappa shape index (κ2) is 6.31. The molecule has 1 saturated heterocycles. The predicted molar refractivity (Wildman–Crippen MR) is 71.6 cm³/mol. The number of imidazole rings is 1. The van der Waals surface area contributed by atoms with Gasteiger partial charge in [0.1, 0.15) is 5.82 Å². The predicted octanol–water partition coefficient (Wildman–Crippen LogP) is 0.459. The lowest BCUT2D eigenvalue weighted by Crippen LogP contribution is -2.40. The Morgan fingerprint density at radius 3 is 2.61 bits per heavy atom. The third-order valence-electron chi connectivity index (χ3n) is 3.70. The third-order valence-corrected chi connectivity index (χ3v) is 3.70. The van der Waals surface area contributed by atoms with E-state index in [1.165, 1.54) is 5.69 Å². The van der Waals surface area contributed by atoms with E-state index >= 15 is 0 Å². The molecule has 5 heteroatoms. The van der Waals surface area contributed by atoms with Gasteiger partial charge in [-0.1, -0.05) is 0 Å². The van der Waals surface area contributed by atoms with Gasteiger partial charge in [0.2, 0.25) is 0 Å². The maximum Gasteiger partial charge on any atom is 0.122 e. The Labute approximate surface area is 109 Å². The van der Waals surface area contributed by atoms with Gasteiger partial charge < -0.3 is 14.6 Å². The summed E-state index contributed by atoms with van der Waals surface area (Å²) in [6.07, 6.45) is 0. The minimum atomic E-state index is 0.843. The highest BCUT2D eigenvalue weighted by Gasteiger charge is 2.10. The first-order chi connectivity index (χ1) is 8.68. The molecule has 1 fully saturated rings. The first-order valence-electron chi connectivity index (χ1n) is 6.68. The lowest BCUT2D eigenvalue weighted by atomic mass is 10.4. The summed E-state index contributed by atoms with van der Waals surface area (Å²) in [7, 11) is 2.08. The molecule has 1 aliphatic rings. The van der Waals surface area contributed by atoms with Crippen molar-refractivity contribution in [2.45, 2.75) is 20.4 Å². The lowest BCUT2D eigenvalue weighted by Gasteiger charge is -2.26. The number of aromatic nitrogens is 2. The van der Waals surface area contributed by atoms with Crippen molar-refractivity contribution in [3.63, 3.8) is 0 Å². The molecule has 0 aliphatic carbocycles. The Balaban J connectivity index is 1.70. The van der Waals surface area contributed by atoms with Gasteiger partial charge in [-0.25, -0.2) is 4.98 Å². The molecule has 2 rings (SSSR count). The highest BCUT2D eigenvalue weighted by atomic mass is 16.5. The molecule has 5 nitrogen and oxygen atoms in total. The molecule has 0 radical (unpaired) electrons. The van der Waals surface area contributed by atoms with Crippen LogP contribution in [0.2, 0.25) is 0 Å². The van der Waals surface area contributed by atoms with Gasteiger partial charge in [-0.05, 0) is 13.8 Å². The lowest BCUT2D eigenvalue weighted by molar-refractivity contribution is 0.0384. The van der Waals surface area contributed by atoms with E-state index in [4.69, 9.17) is 4.74 Å². The van der Waals surface area contributed by atoms with E-state index in [2.05, 4.69) is 40.7 Å². The van der Waals surface area contributed by atoms with Crippen LogP contribution in [0.3, 0.4) is 0 Å². The van der Waals surface area contributed by atoms with E-state index in [-0.39, 0.29) is 0 Å². The molecule has 2 heterocycles. The minimum absolute atomic E-state index is 0.843. The van der Waals surface area contributed by atoms with Gasteiger partial charge in [0.25, 0.3) is 0 Å². The standard InChI is InChI=1S/C13H24N4O/c1-11-12(2)16(3)13(15-11)10-14-4-5-17-6-8-18-9-7-17/h14H,4-10H2,1-3H3. The number of rotatable bonds is 5. The van der Waals surface area contributed by atoms with Crippen molar-refractivity contribution in [2.75, 3.05) is 39.4 Å². The van der Waals surface area contributed by atoms with Crippen molar-refractivity contribution in [3.8, 4) is 0 Å². The fraction of sp³-hybridized carbons (Fsp3) is 0.769. The van der Waals surface area contributed by atoms with Crippen LogP contribution in [-0.4, -0.2) is 53.8 Å². The van der Waals surface area contributed by atoms with E-state index < -0.39 is 0 Å². The van der Waals surface area contributed by atoms with Gasteiger partial charge in [0, 0.05) is 38.9 Å². The van der Waals surface area contributed by atoms with Crippen molar-refractivity contribution < 1.29 is 4.74 Å². The summed E-state index contributed by atoms with van der Waals surface area (Å²) in [5.74, 6) is 1.12. The topological polar surface area (TPSA) is 42.3 Å². The maximum atomic E-state index is 5.33. The van der Waals surface area contributed by atoms with E-state index in [1.807, 2.05) is 0 Å². The number of nitrogens with zero attached hydrogens (tertiary/aromatic N) is 3. The second-order valence-corrected chi connectivity index (χ2v) is 4.89. The normalized spacial score (nSPS) is 17.3. The molecule has 0 atom stereocenters. The molecule has 0 aromatic carbocycles. The van der Waals surface area contributed by atoms with E-state index in [9.17, 15) is 0 Å². The van der Waals surface area contributed by atoms with Gasteiger partial charge in [-0.15, -0.1) is 0 Å². The summed E-state index contributed by atoms with van der Waals surface area (Å²) in [6.45, 7) is 11.0. The van der Waals surface area contributed by atoms with Gasteiger partial charge in [0.15, 0.2) is 0 Å². The smallest absolute Gasteiger partial charge is 0.122 e. The average molecular weight is 252 g/mol. The van der Waals surface area contributed by atoms with E-state index in [0.717, 1.165) is 57.5 Å². The van der Waals surface area contributed by atoms with Crippen LogP contribution >= 0.6 is 0 Å². The molecule has 102 valence electrons. The molecule has 18 heavy (non-hydrogen) atoms. The van der Waals surface area contributed by atoms with E-state index in [1.54, 1.807) is 0 Å². The highest BCUT2D eigenvalue weighted by Crippen LogP contribution is 2.07. The van der Waals surface area contributed by atoms with Crippen molar-refractivity contribution in [2.24, 2.45) is 7.05 Å². The Morgan fingerprint density at radius 2 is 2.00 bits per heavy atom. The van der Waals surface area contributed by atoms with Crippen LogP contribution in [0.25, 0.3) is 0 Å². The largest absolute Gasteiger partial charge is 0.379 e. The number of morpholine rings is 1. The van der Waals surface area contributed by atoms with Crippen LogP contribution in [-0.2, 0) is 18.3 Å². The van der Waals surface area contributed by atoms with Crippen molar-refractivity contribution in [1.82, 2.24) is 19.8 Å². The van der Waals surface area contributed by atoms with Gasteiger partial charge in [0.05, 0.1) is 25.5 Å². The Hall–Kier alpha value is -0.910. The summed E-state index contributed by atoms with van der Waals surface area (Å²) in [6, 6.07) is 0. The first kappa shape index (κ1) is 13.5. The van der Waals surface area contributed by atoms with Crippen molar-refractivity contribution in [3.05, 3.63) is 17.2 Å². The summed E-state index contributed by atoms with van der Waals surface area (Å²) in [5, 5.41) is 3.46.